The maximum absolute atomic E-state index is 16.1. The number of halogens is 2. The van der Waals surface area contributed by atoms with Crippen LogP contribution in [0.3, 0.4) is 0 Å². The highest BCUT2D eigenvalue weighted by Crippen LogP contribution is 2.52. The first-order chi connectivity index (χ1) is 23.6. The molecule has 1 amide bonds. The number of ether oxygens (including phenoxy) is 1. The van der Waals surface area contributed by atoms with E-state index in [0.717, 1.165) is 23.9 Å². The van der Waals surface area contributed by atoms with Gasteiger partial charge < -0.3 is 34.0 Å². The van der Waals surface area contributed by atoms with Gasteiger partial charge in [0.2, 0.25) is 12.2 Å². The van der Waals surface area contributed by atoms with E-state index in [4.69, 9.17) is 14.5 Å². The van der Waals surface area contributed by atoms with E-state index in [1.165, 1.54) is 30.1 Å². The molecule has 2 atom stereocenters. The van der Waals surface area contributed by atoms with Crippen LogP contribution in [-0.2, 0) is 27.3 Å². The average molecular weight is 713 g/mol. The first kappa shape index (κ1) is 33.7. The fraction of sp³-hybridized carbons (Fsp3) is 0.344. The molecule has 2 fully saturated rings. The van der Waals surface area contributed by atoms with E-state index in [1.54, 1.807) is 13.2 Å². The zero-order valence-electron chi connectivity index (χ0n) is 27.0. The standard InChI is InChI=1S/C32H31F2N6O9P/c1-37-11-15-4-5-40(24(15)13-37)28-19(16-6-18-29(41)20(31(42)43)12-38(2)30(18)36-9-16)10-35-22-7-17-23(8-21(33)27(34)25(17)26(22)28)39(3)32(44)48-14-49-50(45,46)47/h6,8-10,12,15,24H,4-5,7,11,13-14H2,1-3H3,(H,42,43)(H2,45,46,47)/t15-,24+/m1/s1. The van der Waals surface area contributed by atoms with Crippen LogP contribution in [0, 0.1) is 17.6 Å². The van der Waals surface area contributed by atoms with Crippen molar-refractivity contribution in [3.63, 3.8) is 0 Å². The fourth-order valence-corrected chi connectivity index (χ4v) is 7.65. The van der Waals surface area contributed by atoms with Crippen LogP contribution in [0.2, 0.25) is 0 Å². The van der Waals surface area contributed by atoms with E-state index in [-0.39, 0.29) is 40.3 Å². The number of carboxylic acid groups (broad SMARTS) is 1. The van der Waals surface area contributed by atoms with Gasteiger partial charge in [-0.15, -0.1) is 0 Å². The average Bonchev–Trinajstić information content (AvgIpc) is 3.75. The number of aromatic nitrogens is 3. The van der Waals surface area contributed by atoms with E-state index < -0.39 is 49.3 Å². The number of aryl methyl sites for hydroxylation is 1. The summed E-state index contributed by atoms with van der Waals surface area (Å²) in [6.45, 7) is 1.05. The van der Waals surface area contributed by atoms with Crippen molar-refractivity contribution in [3.8, 4) is 22.3 Å². The monoisotopic (exact) mass is 712 g/mol. The van der Waals surface area contributed by atoms with Gasteiger partial charge in [0.15, 0.2) is 11.6 Å². The summed E-state index contributed by atoms with van der Waals surface area (Å²) >= 11 is 0. The molecule has 2 saturated heterocycles. The molecule has 7 rings (SSSR count). The minimum absolute atomic E-state index is 0.00139. The number of likely N-dealkylation sites (N-methyl/N-ethyl adjacent to an activating group) is 1. The van der Waals surface area contributed by atoms with Gasteiger partial charge in [0.05, 0.1) is 22.5 Å². The molecule has 15 nitrogen and oxygen atoms in total. The van der Waals surface area contributed by atoms with Crippen molar-refractivity contribution in [2.45, 2.75) is 18.9 Å². The Kier molecular flexibility index (Phi) is 8.22. The van der Waals surface area contributed by atoms with Crippen molar-refractivity contribution in [2.24, 2.45) is 13.0 Å². The molecule has 18 heteroatoms. The lowest BCUT2D eigenvalue weighted by atomic mass is 9.96. The first-order valence-electron chi connectivity index (χ1n) is 15.5. The summed E-state index contributed by atoms with van der Waals surface area (Å²) in [6.07, 6.45) is 3.99. The van der Waals surface area contributed by atoms with Crippen molar-refractivity contribution < 1.29 is 47.1 Å². The van der Waals surface area contributed by atoms with Crippen LogP contribution in [0.25, 0.3) is 33.3 Å². The molecule has 0 unspecified atom stereocenters. The van der Waals surface area contributed by atoms with E-state index >= 15 is 8.78 Å². The van der Waals surface area contributed by atoms with Gasteiger partial charge in [-0.25, -0.2) is 32.4 Å². The molecule has 4 aromatic rings. The maximum Gasteiger partial charge on any atom is 0.472 e. The summed E-state index contributed by atoms with van der Waals surface area (Å²) in [6, 6.07) is 2.38. The molecule has 5 heterocycles. The maximum atomic E-state index is 16.1. The van der Waals surface area contributed by atoms with Crippen LogP contribution in [0.15, 0.2) is 35.5 Å². The molecule has 3 N–H and O–H groups in total. The van der Waals surface area contributed by atoms with Gasteiger partial charge in [0.1, 0.15) is 11.2 Å². The molecule has 262 valence electrons. The van der Waals surface area contributed by atoms with Crippen molar-refractivity contribution in [1.82, 2.24) is 19.4 Å². The molecule has 1 aromatic carbocycles. The number of phosphoric ester groups is 1. The number of aromatic carboxylic acids is 1. The van der Waals surface area contributed by atoms with Crippen molar-refractivity contribution >= 4 is 42.3 Å². The third-order valence-electron chi connectivity index (χ3n) is 9.64. The Morgan fingerprint density at radius 3 is 2.60 bits per heavy atom. The Morgan fingerprint density at radius 1 is 1.12 bits per heavy atom. The van der Waals surface area contributed by atoms with Crippen LogP contribution >= 0.6 is 7.82 Å². The quantitative estimate of drug-likeness (QED) is 0.165. The summed E-state index contributed by atoms with van der Waals surface area (Å²) in [5.41, 5.74) is 1.30. The van der Waals surface area contributed by atoms with Crippen molar-refractivity contribution in [1.29, 1.82) is 0 Å². The number of amides is 1. The number of likely N-dealkylation sites (tertiary alicyclic amines) is 1. The number of carbonyl (C=O) groups excluding carboxylic acids is 1. The van der Waals surface area contributed by atoms with E-state index in [2.05, 4.69) is 24.3 Å². The van der Waals surface area contributed by atoms with Gasteiger partial charge in [-0.3, -0.25) is 14.7 Å². The minimum atomic E-state index is -4.95. The predicted molar refractivity (Wildman–Crippen MR) is 175 cm³/mol. The van der Waals surface area contributed by atoms with Gasteiger partial charge >= 0.3 is 19.9 Å². The summed E-state index contributed by atoms with van der Waals surface area (Å²) in [7, 11) is -0.123. The number of carboxylic acids is 1. The number of fused-ring (bicyclic) bond motifs is 5. The van der Waals surface area contributed by atoms with Crippen LogP contribution in [0.1, 0.15) is 28.0 Å². The Hall–Kier alpha value is -4.80. The highest BCUT2D eigenvalue weighted by molar-refractivity contribution is 7.46. The van der Waals surface area contributed by atoms with Gasteiger partial charge in [-0.2, -0.15) is 0 Å². The number of carbonyl (C=O) groups is 2. The molecular formula is C32H31F2N6O9P. The second kappa shape index (κ2) is 12.2. The van der Waals surface area contributed by atoms with Crippen molar-refractivity contribution in [2.75, 3.05) is 50.3 Å². The first-order valence-corrected chi connectivity index (χ1v) is 17.0. The lowest BCUT2D eigenvalue weighted by Crippen LogP contribution is -2.35. The van der Waals surface area contributed by atoms with Gasteiger partial charge in [-0.05, 0) is 31.0 Å². The Bertz CT molecular complexity index is 2230. The second-order valence-electron chi connectivity index (χ2n) is 12.7. The predicted octanol–water partition coefficient (Wildman–Crippen LogP) is 3.32. The van der Waals surface area contributed by atoms with Gasteiger partial charge in [0.25, 0.3) is 0 Å². The number of hydrogen-bond acceptors (Lipinski definition) is 10. The van der Waals surface area contributed by atoms with Crippen LogP contribution in [-0.4, -0.2) is 93.0 Å². The minimum Gasteiger partial charge on any atom is -0.477 e. The highest BCUT2D eigenvalue weighted by atomic mass is 31.2. The number of hydrogen-bond donors (Lipinski definition) is 3. The molecular weight excluding hydrogens is 681 g/mol. The molecule has 50 heavy (non-hydrogen) atoms. The molecule has 0 radical (unpaired) electrons. The number of phosphoric acid groups is 1. The molecule has 0 spiro atoms. The number of nitrogens with zero attached hydrogens (tertiary/aromatic N) is 6. The van der Waals surface area contributed by atoms with Gasteiger partial charge in [-0.1, -0.05) is 0 Å². The smallest absolute Gasteiger partial charge is 0.472 e. The van der Waals surface area contributed by atoms with Crippen LogP contribution < -0.4 is 15.2 Å². The molecule has 1 aliphatic carbocycles. The second-order valence-corrected chi connectivity index (χ2v) is 13.9. The summed E-state index contributed by atoms with van der Waals surface area (Å²) in [5, 5.41) is 9.71. The van der Waals surface area contributed by atoms with Crippen LogP contribution in [0.5, 0.6) is 0 Å². The Balaban J connectivity index is 1.42. The molecule has 3 aliphatic rings. The largest absolute Gasteiger partial charge is 0.477 e. The zero-order valence-corrected chi connectivity index (χ0v) is 27.9. The molecule has 2 aliphatic heterocycles. The van der Waals surface area contributed by atoms with Crippen molar-refractivity contribution in [3.05, 3.63) is 69.4 Å². The fourth-order valence-electron chi connectivity index (χ4n) is 7.46. The molecule has 0 saturated carbocycles. The lowest BCUT2D eigenvalue weighted by molar-refractivity contribution is 0.0439. The van der Waals surface area contributed by atoms with Gasteiger partial charge in [0, 0.05) is 93.1 Å². The van der Waals surface area contributed by atoms with E-state index in [0.29, 0.717) is 47.1 Å². The summed E-state index contributed by atoms with van der Waals surface area (Å²) in [5.74, 6) is -3.52. The molecule has 0 bridgehead atoms. The zero-order chi connectivity index (χ0) is 35.8. The normalized spacial score (nSPS) is 18.3. The lowest BCUT2D eigenvalue weighted by Gasteiger charge is -2.31. The summed E-state index contributed by atoms with van der Waals surface area (Å²) in [4.78, 5) is 70.2. The summed E-state index contributed by atoms with van der Waals surface area (Å²) < 4.78 is 53.1. The van der Waals surface area contributed by atoms with E-state index in [9.17, 15) is 24.1 Å². The Labute approximate surface area is 282 Å². The Morgan fingerprint density at radius 2 is 1.88 bits per heavy atom. The number of anilines is 2. The number of pyridine rings is 3. The van der Waals surface area contributed by atoms with Crippen LogP contribution in [0.4, 0.5) is 25.0 Å². The van der Waals surface area contributed by atoms with E-state index in [1.807, 2.05) is 7.05 Å². The SMILES string of the molecule is CN1C[C@H]2CCN(c3c(-c4cnc5c(c4)c(=O)c(C(=O)O)cn5C)cnc4c3-c3c(F)c(F)cc(N(C)C(=O)OCOP(=O)(O)O)c3C4)[C@H]2C1. The topological polar surface area (TPSA) is 188 Å². The highest BCUT2D eigenvalue weighted by Gasteiger charge is 2.44. The number of benzene rings is 1. The third-order valence-corrected chi connectivity index (χ3v) is 10.1. The number of rotatable bonds is 7. The third kappa shape index (κ3) is 5.60. The molecule has 3 aromatic heterocycles.